The van der Waals surface area contributed by atoms with E-state index in [1.807, 2.05) is 0 Å². The molecule has 0 aliphatic heterocycles. The van der Waals surface area contributed by atoms with Crippen molar-refractivity contribution in [3.8, 4) is 22.3 Å². The molecule has 0 unspecified atom stereocenters. The summed E-state index contributed by atoms with van der Waals surface area (Å²) in [5, 5.41) is 15.3. The summed E-state index contributed by atoms with van der Waals surface area (Å²) < 4.78 is 0. The van der Waals surface area contributed by atoms with Crippen molar-refractivity contribution in [3.63, 3.8) is 0 Å². The molecule has 13 aromatic carbocycles. The lowest BCUT2D eigenvalue weighted by atomic mass is 9.92. The number of nitrogens with zero attached hydrogens (tertiary/aromatic N) is 2. The van der Waals surface area contributed by atoms with E-state index < -0.39 is 0 Å². The van der Waals surface area contributed by atoms with Gasteiger partial charge < -0.3 is 9.80 Å². The summed E-state index contributed by atoms with van der Waals surface area (Å²) in [4.78, 5) is 5.02. The minimum absolute atomic E-state index is 1.09. The Morgan fingerprint density at radius 3 is 1.29 bits per heavy atom. The van der Waals surface area contributed by atoms with Gasteiger partial charge in [-0.2, -0.15) is 0 Å². The van der Waals surface area contributed by atoms with Crippen molar-refractivity contribution in [3.05, 3.63) is 241 Å². The summed E-state index contributed by atoms with van der Waals surface area (Å²) in [6.07, 6.45) is 0. The first-order chi connectivity index (χ1) is 33.4. The molecule has 13 rings (SSSR count). The fraction of sp³-hybridized carbons (Fsp3) is 0.0606. The van der Waals surface area contributed by atoms with Crippen molar-refractivity contribution in [2.75, 3.05) is 9.80 Å². The van der Waals surface area contributed by atoms with E-state index in [0.29, 0.717) is 0 Å². The highest BCUT2D eigenvalue weighted by molar-refractivity contribution is 6.48. The van der Waals surface area contributed by atoms with E-state index in [4.69, 9.17) is 0 Å². The second-order valence-electron chi connectivity index (χ2n) is 18.8. The first-order valence-corrected chi connectivity index (χ1v) is 23.8. The second kappa shape index (κ2) is 15.6. The van der Waals surface area contributed by atoms with Crippen LogP contribution in [0.15, 0.2) is 218 Å². The van der Waals surface area contributed by atoms with Crippen molar-refractivity contribution in [2.24, 2.45) is 0 Å². The Morgan fingerprint density at radius 1 is 0.265 bits per heavy atom. The third-order valence-electron chi connectivity index (χ3n) is 14.4. The Balaban J connectivity index is 1.31. The van der Waals surface area contributed by atoms with Crippen LogP contribution in [-0.4, -0.2) is 0 Å². The van der Waals surface area contributed by atoms with E-state index in [9.17, 15) is 0 Å². The summed E-state index contributed by atoms with van der Waals surface area (Å²) >= 11 is 0. The fourth-order valence-electron chi connectivity index (χ4n) is 11.1. The van der Waals surface area contributed by atoms with E-state index in [1.165, 1.54) is 109 Å². The van der Waals surface area contributed by atoms with E-state index in [1.54, 1.807) is 0 Å². The number of fused-ring (bicyclic) bond motifs is 7. The zero-order valence-corrected chi connectivity index (χ0v) is 38.7. The van der Waals surface area contributed by atoms with Gasteiger partial charge in [-0.3, -0.25) is 0 Å². The van der Waals surface area contributed by atoms with Gasteiger partial charge in [0.05, 0.1) is 11.4 Å². The summed E-state index contributed by atoms with van der Waals surface area (Å²) in [5.41, 5.74) is 16.4. The molecule has 0 bridgehead atoms. The number of anilines is 6. The molecule has 0 aliphatic rings. The summed E-state index contributed by atoms with van der Waals surface area (Å²) in [6.45, 7) is 8.69. The molecule has 13 aromatic rings. The number of aryl methyl sites for hydroxylation is 4. The quantitative estimate of drug-likeness (QED) is 0.150. The first kappa shape index (κ1) is 39.9. The van der Waals surface area contributed by atoms with Crippen LogP contribution in [0.2, 0.25) is 0 Å². The Hall–Kier alpha value is -8.46. The molecule has 68 heavy (non-hydrogen) atoms. The summed E-state index contributed by atoms with van der Waals surface area (Å²) in [5.74, 6) is 0. The van der Waals surface area contributed by atoms with Gasteiger partial charge in [-0.1, -0.05) is 180 Å². The maximum atomic E-state index is 2.54. The molecule has 0 heterocycles. The van der Waals surface area contributed by atoms with Crippen molar-refractivity contribution in [1.82, 2.24) is 0 Å². The predicted molar refractivity (Wildman–Crippen MR) is 293 cm³/mol. The fourth-order valence-corrected chi connectivity index (χ4v) is 11.1. The standard InChI is InChI=1S/C66H48N2/c1-41-18-27-48(28-19-41)67(49-29-20-42(2)21-30-49)59-39-38-56-55-37-36-52(45-12-7-5-8-13-45)57-40-58-54-17-11-16-47-26-35-53(46-14-9-6-10-15-46)62(60(47)54)63(58)65(61(55)57)64(56)66(59)68(50-31-22-43(3)23-32-50)51-33-24-44(4)25-34-51/h5-40H,1-4H3. The molecule has 0 aromatic heterocycles. The van der Waals surface area contributed by atoms with Gasteiger partial charge >= 0.3 is 0 Å². The zero-order chi connectivity index (χ0) is 45.6. The van der Waals surface area contributed by atoms with Crippen LogP contribution in [0, 0.1) is 27.7 Å². The molecule has 0 spiro atoms. The lowest BCUT2D eigenvalue weighted by molar-refractivity contribution is 1.23. The number of hydrogen-bond acceptors (Lipinski definition) is 2. The van der Waals surface area contributed by atoms with Crippen molar-refractivity contribution < 1.29 is 0 Å². The van der Waals surface area contributed by atoms with E-state index in [-0.39, 0.29) is 0 Å². The van der Waals surface area contributed by atoms with Gasteiger partial charge in [0.1, 0.15) is 0 Å². The molecule has 0 saturated carbocycles. The van der Waals surface area contributed by atoms with E-state index >= 15 is 0 Å². The zero-order valence-electron chi connectivity index (χ0n) is 38.7. The SMILES string of the molecule is Cc1ccc(N(c2ccc(C)cc2)c2ccc3c4ccc(-c5ccccc5)c5cc6c7cccc8ccc(-c9ccccc9)c(c87)c6c(c3c2N(c2ccc(C)cc2)c2ccc(C)cc2)c54)cc1. The van der Waals surface area contributed by atoms with Gasteiger partial charge in [0.15, 0.2) is 0 Å². The molecule has 0 saturated heterocycles. The van der Waals surface area contributed by atoms with Crippen LogP contribution in [0.4, 0.5) is 34.1 Å². The number of benzene rings is 11. The lowest BCUT2D eigenvalue weighted by Gasteiger charge is -2.34. The van der Waals surface area contributed by atoms with Gasteiger partial charge in [0.25, 0.3) is 0 Å². The van der Waals surface area contributed by atoms with Gasteiger partial charge in [-0.25, -0.2) is 0 Å². The molecule has 2 nitrogen and oxygen atoms in total. The highest BCUT2D eigenvalue weighted by Crippen LogP contribution is 2.58. The van der Waals surface area contributed by atoms with Crippen LogP contribution < -0.4 is 9.80 Å². The average molecular weight is 869 g/mol. The van der Waals surface area contributed by atoms with Crippen LogP contribution >= 0.6 is 0 Å². The lowest BCUT2D eigenvalue weighted by Crippen LogP contribution is -2.17. The molecule has 0 radical (unpaired) electrons. The highest BCUT2D eigenvalue weighted by atomic mass is 15.2. The summed E-state index contributed by atoms with van der Waals surface area (Å²) in [7, 11) is 0. The van der Waals surface area contributed by atoms with Crippen LogP contribution in [0.3, 0.4) is 0 Å². The van der Waals surface area contributed by atoms with Gasteiger partial charge in [-0.15, -0.1) is 0 Å². The predicted octanol–water partition coefficient (Wildman–Crippen LogP) is 19.0. The van der Waals surface area contributed by atoms with Crippen LogP contribution in [0.5, 0.6) is 0 Å². The Bertz CT molecular complexity index is 3910. The summed E-state index contributed by atoms with van der Waals surface area (Å²) in [6, 6.07) is 81.9. The molecule has 0 amide bonds. The third-order valence-corrected chi connectivity index (χ3v) is 14.4. The molecular formula is C66H48N2. The average Bonchev–Trinajstić information content (AvgIpc) is 3.89. The molecule has 0 fully saturated rings. The third kappa shape index (κ3) is 6.18. The Morgan fingerprint density at radius 2 is 0.735 bits per heavy atom. The minimum Gasteiger partial charge on any atom is -0.308 e. The van der Waals surface area contributed by atoms with Crippen molar-refractivity contribution in [1.29, 1.82) is 0 Å². The second-order valence-corrected chi connectivity index (χ2v) is 18.8. The number of rotatable bonds is 8. The molecule has 322 valence electrons. The maximum absolute atomic E-state index is 2.54. The monoisotopic (exact) mass is 868 g/mol. The van der Waals surface area contributed by atoms with Crippen molar-refractivity contribution in [2.45, 2.75) is 27.7 Å². The topological polar surface area (TPSA) is 6.48 Å². The maximum Gasteiger partial charge on any atom is 0.0788 e. The van der Waals surface area contributed by atoms with Crippen LogP contribution in [0.1, 0.15) is 22.3 Å². The van der Waals surface area contributed by atoms with Crippen LogP contribution in [-0.2, 0) is 0 Å². The molecule has 0 N–H and O–H groups in total. The molecule has 2 heteroatoms. The van der Waals surface area contributed by atoms with Gasteiger partial charge in [-0.05, 0) is 164 Å². The van der Waals surface area contributed by atoms with E-state index in [2.05, 4.69) is 256 Å². The Kier molecular flexibility index (Phi) is 9.13. The largest absolute Gasteiger partial charge is 0.308 e. The number of hydrogen-bond donors (Lipinski definition) is 0. The van der Waals surface area contributed by atoms with Crippen molar-refractivity contribution >= 4 is 98.8 Å². The highest BCUT2D eigenvalue weighted by Gasteiger charge is 2.31. The van der Waals surface area contributed by atoms with Gasteiger partial charge in [0.2, 0.25) is 0 Å². The Labute approximate surface area is 397 Å². The minimum atomic E-state index is 1.09. The van der Waals surface area contributed by atoms with Gasteiger partial charge in [0, 0.05) is 33.5 Å². The van der Waals surface area contributed by atoms with Crippen LogP contribution in [0.25, 0.3) is 86.9 Å². The van der Waals surface area contributed by atoms with E-state index in [0.717, 1.165) is 34.1 Å². The molecule has 0 aliphatic carbocycles. The normalized spacial score (nSPS) is 11.8. The molecule has 0 atom stereocenters. The first-order valence-electron chi connectivity index (χ1n) is 23.8. The smallest absolute Gasteiger partial charge is 0.0788 e. The molecular weight excluding hydrogens is 821 g/mol.